The van der Waals surface area contributed by atoms with Crippen LogP contribution in [0, 0.1) is 0 Å². The fourth-order valence-corrected chi connectivity index (χ4v) is 1.81. The molecule has 0 saturated heterocycles. The molecule has 2 rings (SSSR count). The lowest BCUT2D eigenvalue weighted by Gasteiger charge is -2.08. The van der Waals surface area contributed by atoms with E-state index in [2.05, 4.69) is 4.74 Å². The average molecular weight is 286 g/mol. The van der Waals surface area contributed by atoms with E-state index in [4.69, 9.17) is 9.15 Å². The van der Waals surface area contributed by atoms with Crippen LogP contribution in [0.1, 0.15) is 34.9 Å². The summed E-state index contributed by atoms with van der Waals surface area (Å²) in [7, 11) is 1.32. The van der Waals surface area contributed by atoms with E-state index in [1.54, 1.807) is 12.1 Å². The van der Waals surface area contributed by atoms with Gasteiger partial charge in [0, 0.05) is 0 Å². The molecule has 4 nitrogen and oxygen atoms in total. The molecule has 0 saturated carbocycles. The predicted molar refractivity (Wildman–Crippen MR) is 79.9 cm³/mol. The van der Waals surface area contributed by atoms with E-state index in [0.29, 0.717) is 12.4 Å². The standard InChI is InChI=1S/C17H18O4/c1-13(15-10-11-16(21-15)17(18)19-2)20-12-6-9-14-7-4-3-5-8-14/h3-11,13H,12H2,1-2H3. The zero-order valence-corrected chi connectivity index (χ0v) is 12.1. The van der Waals surface area contributed by atoms with Crippen LogP contribution in [0.4, 0.5) is 0 Å². The van der Waals surface area contributed by atoms with E-state index >= 15 is 0 Å². The second-order valence-corrected chi connectivity index (χ2v) is 4.48. The molecule has 0 radical (unpaired) electrons. The smallest absolute Gasteiger partial charge is 0.373 e. The molecule has 21 heavy (non-hydrogen) atoms. The number of rotatable bonds is 6. The minimum Gasteiger partial charge on any atom is -0.463 e. The van der Waals surface area contributed by atoms with Crippen molar-refractivity contribution in [1.82, 2.24) is 0 Å². The van der Waals surface area contributed by atoms with Crippen LogP contribution in [0.25, 0.3) is 6.08 Å². The zero-order chi connectivity index (χ0) is 15.1. The Bertz CT molecular complexity index is 598. The lowest BCUT2D eigenvalue weighted by molar-refractivity contribution is 0.0525. The summed E-state index contributed by atoms with van der Waals surface area (Å²) in [5.74, 6) is 0.295. The minimum atomic E-state index is -0.488. The van der Waals surface area contributed by atoms with Crippen LogP contribution in [0.3, 0.4) is 0 Å². The molecule has 1 aromatic heterocycles. The second-order valence-electron chi connectivity index (χ2n) is 4.48. The van der Waals surface area contributed by atoms with Gasteiger partial charge in [-0.3, -0.25) is 0 Å². The number of hydrogen-bond acceptors (Lipinski definition) is 4. The van der Waals surface area contributed by atoms with Crippen LogP contribution in [0.5, 0.6) is 0 Å². The molecule has 0 aliphatic carbocycles. The molecule has 0 aliphatic heterocycles. The molecule has 0 aliphatic rings. The Balaban J connectivity index is 1.84. The number of methoxy groups -OCH3 is 1. The highest BCUT2D eigenvalue weighted by Gasteiger charge is 2.15. The molecule has 0 bridgehead atoms. The van der Waals surface area contributed by atoms with Crippen molar-refractivity contribution in [3.63, 3.8) is 0 Å². The fraction of sp³-hybridized carbons (Fsp3) is 0.235. The van der Waals surface area contributed by atoms with Crippen molar-refractivity contribution in [1.29, 1.82) is 0 Å². The topological polar surface area (TPSA) is 48.7 Å². The summed E-state index contributed by atoms with van der Waals surface area (Å²) >= 11 is 0. The van der Waals surface area contributed by atoms with Crippen LogP contribution >= 0.6 is 0 Å². The Morgan fingerprint density at radius 2 is 2.00 bits per heavy atom. The number of benzene rings is 1. The second kappa shape index (κ2) is 7.45. The van der Waals surface area contributed by atoms with Gasteiger partial charge in [0.05, 0.1) is 13.7 Å². The third kappa shape index (κ3) is 4.33. The number of ether oxygens (including phenoxy) is 2. The van der Waals surface area contributed by atoms with Crippen LogP contribution in [-0.2, 0) is 9.47 Å². The van der Waals surface area contributed by atoms with Gasteiger partial charge in [0.25, 0.3) is 0 Å². The summed E-state index contributed by atoms with van der Waals surface area (Å²) in [4.78, 5) is 11.3. The summed E-state index contributed by atoms with van der Waals surface area (Å²) < 4.78 is 15.6. The monoisotopic (exact) mass is 286 g/mol. The van der Waals surface area contributed by atoms with Gasteiger partial charge >= 0.3 is 5.97 Å². The van der Waals surface area contributed by atoms with Gasteiger partial charge in [-0.1, -0.05) is 42.5 Å². The highest BCUT2D eigenvalue weighted by atomic mass is 16.5. The van der Waals surface area contributed by atoms with Crippen molar-refractivity contribution in [3.05, 3.63) is 65.6 Å². The summed E-state index contributed by atoms with van der Waals surface area (Å²) in [5.41, 5.74) is 1.12. The van der Waals surface area contributed by atoms with Gasteiger partial charge in [0.15, 0.2) is 0 Å². The fourth-order valence-electron chi connectivity index (χ4n) is 1.81. The van der Waals surface area contributed by atoms with Crippen molar-refractivity contribution in [3.8, 4) is 0 Å². The number of furan rings is 1. The van der Waals surface area contributed by atoms with Gasteiger partial charge in [0.1, 0.15) is 11.9 Å². The number of hydrogen-bond donors (Lipinski definition) is 0. The lowest BCUT2D eigenvalue weighted by Crippen LogP contribution is -2.00. The quantitative estimate of drug-likeness (QED) is 0.757. The Labute approximate surface area is 124 Å². The zero-order valence-electron chi connectivity index (χ0n) is 12.1. The maximum atomic E-state index is 11.3. The highest BCUT2D eigenvalue weighted by Crippen LogP contribution is 2.20. The lowest BCUT2D eigenvalue weighted by atomic mass is 10.2. The van der Waals surface area contributed by atoms with Gasteiger partial charge < -0.3 is 13.9 Å². The van der Waals surface area contributed by atoms with Crippen LogP contribution in [0.15, 0.2) is 53.0 Å². The molecule has 1 unspecified atom stereocenters. The van der Waals surface area contributed by atoms with E-state index in [1.165, 1.54) is 7.11 Å². The van der Waals surface area contributed by atoms with Gasteiger partial charge in [-0.25, -0.2) is 4.79 Å². The highest BCUT2D eigenvalue weighted by molar-refractivity contribution is 5.86. The third-order valence-electron chi connectivity index (χ3n) is 2.97. The van der Waals surface area contributed by atoms with Crippen LogP contribution in [0.2, 0.25) is 0 Å². The van der Waals surface area contributed by atoms with E-state index in [1.807, 2.05) is 49.4 Å². The summed E-state index contributed by atoms with van der Waals surface area (Å²) in [5, 5.41) is 0. The maximum absolute atomic E-state index is 11.3. The molecular weight excluding hydrogens is 268 g/mol. The van der Waals surface area contributed by atoms with Crippen molar-refractivity contribution in [2.24, 2.45) is 0 Å². The van der Waals surface area contributed by atoms with Gasteiger partial charge in [-0.2, -0.15) is 0 Å². The Morgan fingerprint density at radius 1 is 1.24 bits per heavy atom. The molecular formula is C17H18O4. The number of esters is 1. The minimum absolute atomic E-state index is 0.183. The summed E-state index contributed by atoms with van der Waals surface area (Å²) in [6, 6.07) is 13.3. The average Bonchev–Trinajstić information content (AvgIpc) is 3.01. The normalized spacial score (nSPS) is 12.5. The molecule has 0 amide bonds. The molecule has 1 aromatic carbocycles. The Kier molecular flexibility index (Phi) is 5.35. The Hall–Kier alpha value is -2.33. The molecule has 0 N–H and O–H groups in total. The molecule has 4 heteroatoms. The van der Waals surface area contributed by atoms with E-state index in [-0.39, 0.29) is 11.9 Å². The molecule has 110 valence electrons. The first-order chi connectivity index (χ1) is 10.2. The third-order valence-corrected chi connectivity index (χ3v) is 2.97. The van der Waals surface area contributed by atoms with Gasteiger partial charge in [0.2, 0.25) is 5.76 Å². The summed E-state index contributed by atoms with van der Waals surface area (Å²) in [6.45, 7) is 2.33. The van der Waals surface area contributed by atoms with Crippen molar-refractivity contribution in [2.45, 2.75) is 13.0 Å². The van der Waals surface area contributed by atoms with Crippen LogP contribution < -0.4 is 0 Å². The molecule has 1 heterocycles. The predicted octanol–water partition coefficient (Wildman–Crippen LogP) is 3.86. The molecule has 2 aromatic rings. The largest absolute Gasteiger partial charge is 0.463 e. The SMILES string of the molecule is COC(=O)c1ccc(C(C)OCC=Cc2ccccc2)o1. The summed E-state index contributed by atoms with van der Waals surface area (Å²) in [6.07, 6.45) is 3.70. The molecule has 0 fully saturated rings. The van der Waals surface area contributed by atoms with Crippen molar-refractivity contribution < 1.29 is 18.7 Å². The number of carbonyl (C=O) groups is 1. The number of carbonyl (C=O) groups excluding carboxylic acids is 1. The van der Waals surface area contributed by atoms with Crippen molar-refractivity contribution >= 4 is 12.0 Å². The van der Waals surface area contributed by atoms with Crippen LogP contribution in [-0.4, -0.2) is 19.7 Å². The van der Waals surface area contributed by atoms with E-state index in [0.717, 1.165) is 5.56 Å². The first kappa shape index (κ1) is 15.1. The van der Waals surface area contributed by atoms with Gasteiger partial charge in [-0.05, 0) is 24.6 Å². The van der Waals surface area contributed by atoms with E-state index in [9.17, 15) is 4.79 Å². The first-order valence-corrected chi connectivity index (χ1v) is 6.72. The van der Waals surface area contributed by atoms with Gasteiger partial charge in [-0.15, -0.1) is 0 Å². The Morgan fingerprint density at radius 3 is 2.71 bits per heavy atom. The first-order valence-electron chi connectivity index (χ1n) is 6.72. The maximum Gasteiger partial charge on any atom is 0.373 e. The van der Waals surface area contributed by atoms with Crippen molar-refractivity contribution in [2.75, 3.05) is 13.7 Å². The molecule has 1 atom stereocenters. The molecule has 0 spiro atoms. The van der Waals surface area contributed by atoms with E-state index < -0.39 is 5.97 Å².